The van der Waals surface area contributed by atoms with Crippen LogP contribution in [0.4, 0.5) is 17.6 Å². The lowest BCUT2D eigenvalue weighted by molar-refractivity contribution is -0.163. The number of nitrogens with two attached hydrogens (primary N) is 1. The number of ether oxygens (including phenoxy) is 1. The molecule has 0 saturated heterocycles. The smallest absolute Gasteiger partial charge is 0.330 e. The number of hydrogen-bond donors (Lipinski definition) is 1. The highest BCUT2D eigenvalue weighted by atomic mass is 19.3. The van der Waals surface area contributed by atoms with Crippen LogP contribution in [0.15, 0.2) is 12.3 Å². The molecule has 0 heterocycles. The molecule has 0 saturated carbocycles. The third kappa shape index (κ3) is 4.17. The van der Waals surface area contributed by atoms with E-state index in [1.54, 1.807) is 0 Å². The summed E-state index contributed by atoms with van der Waals surface area (Å²) in [5.41, 5.74) is 4.84. The quantitative estimate of drug-likeness (QED) is 0.521. The second kappa shape index (κ2) is 4.97. The molecule has 0 aromatic heterocycles. The van der Waals surface area contributed by atoms with Gasteiger partial charge >= 0.3 is 12.3 Å². The van der Waals surface area contributed by atoms with E-state index >= 15 is 0 Å². The molecule has 0 amide bonds. The van der Waals surface area contributed by atoms with Gasteiger partial charge in [0.2, 0.25) is 0 Å². The molecule has 6 heteroatoms. The maximum atomic E-state index is 12.0. The normalized spacial score (nSPS) is 13.1. The number of rotatable bonds is 5. The summed E-state index contributed by atoms with van der Waals surface area (Å²) in [6, 6.07) is 0. The highest BCUT2D eigenvalue weighted by molar-refractivity contribution is 4.76. The summed E-state index contributed by atoms with van der Waals surface area (Å²) in [5, 5.41) is 0. The minimum absolute atomic E-state index is 0.196. The van der Waals surface area contributed by atoms with Crippen molar-refractivity contribution in [3.05, 3.63) is 12.3 Å². The summed E-state index contributed by atoms with van der Waals surface area (Å²) in [7, 11) is 0. The first-order valence-electron chi connectivity index (χ1n) is 3.11. The van der Waals surface area contributed by atoms with E-state index in [1.165, 1.54) is 6.08 Å². The van der Waals surface area contributed by atoms with Crippen LogP contribution < -0.4 is 5.73 Å². The van der Waals surface area contributed by atoms with Crippen LogP contribution in [0, 0.1) is 0 Å². The van der Waals surface area contributed by atoms with Gasteiger partial charge in [-0.3, -0.25) is 0 Å². The van der Waals surface area contributed by atoms with Crippen molar-refractivity contribution >= 4 is 0 Å². The molecule has 0 aliphatic heterocycles. The Morgan fingerprint density at radius 2 is 2.00 bits per heavy atom. The molecule has 0 bridgehead atoms. The molecule has 0 aromatic carbocycles. The molecule has 0 atom stereocenters. The van der Waals surface area contributed by atoms with Gasteiger partial charge in [-0.15, -0.1) is 0 Å². The maximum Gasteiger partial charge on any atom is 0.330 e. The molecule has 0 aliphatic carbocycles. The summed E-state index contributed by atoms with van der Waals surface area (Å²) < 4.78 is 51.2. The van der Waals surface area contributed by atoms with Crippen LogP contribution in [0.3, 0.4) is 0 Å². The van der Waals surface area contributed by atoms with E-state index in [9.17, 15) is 17.6 Å². The molecule has 0 unspecified atom stereocenters. The lowest BCUT2D eigenvalue weighted by atomic mass is 10.4. The Morgan fingerprint density at radius 3 is 2.42 bits per heavy atom. The molecular weight excluding hydrogens is 178 g/mol. The monoisotopic (exact) mass is 187 g/mol. The molecule has 2 nitrogen and oxygen atoms in total. The van der Waals surface area contributed by atoms with Gasteiger partial charge in [0.15, 0.2) is 0 Å². The summed E-state index contributed by atoms with van der Waals surface area (Å²) in [4.78, 5) is 0. The average molecular weight is 187 g/mol. The van der Waals surface area contributed by atoms with Crippen molar-refractivity contribution in [3.8, 4) is 0 Å². The zero-order chi connectivity index (χ0) is 9.61. The molecule has 0 spiro atoms. The molecule has 0 fully saturated rings. The van der Waals surface area contributed by atoms with Crippen LogP contribution in [0.1, 0.15) is 0 Å². The van der Waals surface area contributed by atoms with Crippen molar-refractivity contribution in [3.63, 3.8) is 0 Å². The van der Waals surface area contributed by atoms with Crippen molar-refractivity contribution in [1.82, 2.24) is 0 Å². The highest BCUT2D eigenvalue weighted by Crippen LogP contribution is 2.22. The fourth-order valence-corrected chi connectivity index (χ4v) is 0.382. The topological polar surface area (TPSA) is 35.2 Å². The molecule has 0 rings (SSSR count). The van der Waals surface area contributed by atoms with Gasteiger partial charge in [0, 0.05) is 0 Å². The van der Waals surface area contributed by atoms with E-state index < -0.39 is 19.0 Å². The van der Waals surface area contributed by atoms with Gasteiger partial charge in [-0.25, -0.2) is 8.78 Å². The van der Waals surface area contributed by atoms with Gasteiger partial charge in [0.05, 0.1) is 6.61 Å². The average Bonchev–Trinajstić information content (AvgIpc) is 1.98. The minimum atomic E-state index is -4.08. The van der Waals surface area contributed by atoms with Crippen molar-refractivity contribution in [1.29, 1.82) is 0 Å². The van der Waals surface area contributed by atoms with E-state index in [0.29, 0.717) is 0 Å². The van der Waals surface area contributed by atoms with Crippen LogP contribution in [0.25, 0.3) is 0 Å². The maximum absolute atomic E-state index is 12.0. The minimum Gasteiger partial charge on any atom is -0.405 e. The van der Waals surface area contributed by atoms with Gasteiger partial charge in [-0.05, 0) is 12.3 Å². The fourth-order valence-electron chi connectivity index (χ4n) is 0.382. The highest BCUT2D eigenvalue weighted by Gasteiger charge is 2.40. The molecular formula is C6H9F4NO. The standard InChI is InChI=1S/C6H9F4NO/c7-5(8)6(9,10)4-12-3-1-2-11/h1-2,5H,3-4,11H2/b2-1+. The second-order valence-corrected chi connectivity index (χ2v) is 2.01. The van der Waals surface area contributed by atoms with E-state index in [4.69, 9.17) is 5.73 Å². The summed E-state index contributed by atoms with van der Waals surface area (Å²) in [6.07, 6.45) is -1.37. The molecule has 0 radical (unpaired) electrons. The predicted molar refractivity (Wildman–Crippen MR) is 35.1 cm³/mol. The number of halogens is 4. The van der Waals surface area contributed by atoms with Gasteiger partial charge in [-0.2, -0.15) is 8.78 Å². The van der Waals surface area contributed by atoms with Crippen LogP contribution in [-0.4, -0.2) is 25.6 Å². The van der Waals surface area contributed by atoms with Crippen molar-refractivity contribution < 1.29 is 22.3 Å². The van der Waals surface area contributed by atoms with Crippen LogP contribution in [0.2, 0.25) is 0 Å². The van der Waals surface area contributed by atoms with Crippen molar-refractivity contribution in [2.45, 2.75) is 12.3 Å². The second-order valence-electron chi connectivity index (χ2n) is 2.01. The van der Waals surface area contributed by atoms with Crippen LogP contribution in [-0.2, 0) is 4.74 Å². The predicted octanol–water partition coefficient (Wildman–Crippen LogP) is 1.38. The van der Waals surface area contributed by atoms with Gasteiger partial charge < -0.3 is 10.5 Å². The number of hydrogen-bond acceptors (Lipinski definition) is 2. The molecule has 72 valence electrons. The van der Waals surface area contributed by atoms with E-state index in [1.807, 2.05) is 0 Å². The van der Waals surface area contributed by atoms with Crippen molar-refractivity contribution in [2.24, 2.45) is 5.73 Å². The third-order valence-corrected chi connectivity index (χ3v) is 0.964. The Morgan fingerprint density at radius 1 is 1.42 bits per heavy atom. The fraction of sp³-hybridized carbons (Fsp3) is 0.667. The van der Waals surface area contributed by atoms with Gasteiger partial charge in [-0.1, -0.05) is 0 Å². The SMILES string of the molecule is N/C=C/COCC(F)(F)C(F)F. The Labute approximate surface area is 67.0 Å². The number of alkyl halides is 4. The Bertz CT molecular complexity index is 148. The zero-order valence-electron chi connectivity index (χ0n) is 6.14. The Hall–Kier alpha value is -0.780. The largest absolute Gasteiger partial charge is 0.405 e. The van der Waals surface area contributed by atoms with Gasteiger partial charge in [0.25, 0.3) is 0 Å². The van der Waals surface area contributed by atoms with E-state index in [0.717, 1.165) is 6.20 Å². The first-order valence-corrected chi connectivity index (χ1v) is 3.11. The van der Waals surface area contributed by atoms with Gasteiger partial charge in [0.1, 0.15) is 6.61 Å². The van der Waals surface area contributed by atoms with Crippen LogP contribution >= 0.6 is 0 Å². The Kier molecular flexibility index (Phi) is 4.65. The molecule has 0 aliphatic rings. The first-order chi connectivity index (χ1) is 5.50. The third-order valence-electron chi connectivity index (χ3n) is 0.964. The van der Waals surface area contributed by atoms with Crippen molar-refractivity contribution in [2.75, 3.05) is 13.2 Å². The first kappa shape index (κ1) is 11.2. The lowest BCUT2D eigenvalue weighted by Gasteiger charge is -2.13. The summed E-state index contributed by atoms with van der Waals surface area (Å²) in [5.74, 6) is -4.08. The Balaban J connectivity index is 3.61. The molecule has 2 N–H and O–H groups in total. The summed E-state index contributed by atoms with van der Waals surface area (Å²) in [6.45, 7) is -1.49. The summed E-state index contributed by atoms with van der Waals surface area (Å²) >= 11 is 0. The molecule has 0 aromatic rings. The van der Waals surface area contributed by atoms with E-state index in [2.05, 4.69) is 4.74 Å². The lowest BCUT2D eigenvalue weighted by Crippen LogP contribution is -2.32. The van der Waals surface area contributed by atoms with Crippen LogP contribution in [0.5, 0.6) is 0 Å². The zero-order valence-corrected chi connectivity index (χ0v) is 6.14. The molecule has 12 heavy (non-hydrogen) atoms. The van der Waals surface area contributed by atoms with E-state index in [-0.39, 0.29) is 6.61 Å².